The van der Waals surface area contributed by atoms with Gasteiger partial charge in [-0.2, -0.15) is 0 Å². The molecular formula is C15H25NO. The molecule has 0 aliphatic heterocycles. The van der Waals surface area contributed by atoms with Crippen LogP contribution in [-0.2, 0) is 0 Å². The molecule has 0 saturated heterocycles. The molecule has 2 nitrogen and oxygen atoms in total. The van der Waals surface area contributed by atoms with Crippen LogP contribution < -0.4 is 10.1 Å². The van der Waals surface area contributed by atoms with Crippen molar-refractivity contribution in [1.29, 1.82) is 0 Å². The van der Waals surface area contributed by atoms with E-state index in [9.17, 15) is 0 Å². The molecule has 0 bridgehead atoms. The molecule has 96 valence electrons. The lowest BCUT2D eigenvalue weighted by Gasteiger charge is -2.18. The molecule has 0 aliphatic rings. The first kappa shape index (κ1) is 14.0. The lowest BCUT2D eigenvalue weighted by Crippen LogP contribution is -2.35. The molecule has 0 aromatic heterocycles. The van der Waals surface area contributed by atoms with Crippen LogP contribution in [0.3, 0.4) is 0 Å². The number of hydrogen-bond acceptors (Lipinski definition) is 2. The van der Waals surface area contributed by atoms with Gasteiger partial charge in [0.15, 0.2) is 0 Å². The second-order valence-corrected chi connectivity index (χ2v) is 4.42. The Labute approximate surface area is 105 Å². The first-order chi connectivity index (χ1) is 8.36. The largest absolute Gasteiger partial charge is 0.492 e. The summed E-state index contributed by atoms with van der Waals surface area (Å²) in [7, 11) is 0. The molecule has 0 fully saturated rings. The molecule has 1 N–H and O–H groups in total. The fourth-order valence-corrected chi connectivity index (χ4v) is 1.76. The fourth-order valence-electron chi connectivity index (χ4n) is 1.76. The zero-order chi connectivity index (χ0) is 12.3. The lowest BCUT2D eigenvalue weighted by atomic mass is 10.1. The van der Waals surface area contributed by atoms with Crippen molar-refractivity contribution in [2.75, 3.05) is 13.2 Å². The minimum Gasteiger partial charge on any atom is -0.492 e. The van der Waals surface area contributed by atoms with E-state index in [0.717, 1.165) is 18.9 Å². The average Bonchev–Trinajstić information content (AvgIpc) is 2.39. The molecule has 1 atom stereocenters. The summed E-state index contributed by atoms with van der Waals surface area (Å²) in [6.07, 6.45) is 4.88. The summed E-state index contributed by atoms with van der Waals surface area (Å²) in [5, 5.41) is 3.55. The van der Waals surface area contributed by atoms with Crippen LogP contribution in [0.25, 0.3) is 0 Å². The van der Waals surface area contributed by atoms with Crippen molar-refractivity contribution < 1.29 is 4.74 Å². The topological polar surface area (TPSA) is 21.3 Å². The summed E-state index contributed by atoms with van der Waals surface area (Å²) in [5.41, 5.74) is 0. The lowest BCUT2D eigenvalue weighted by molar-refractivity contribution is 0.254. The van der Waals surface area contributed by atoms with Gasteiger partial charge in [0.2, 0.25) is 0 Å². The molecule has 1 aromatic carbocycles. The van der Waals surface area contributed by atoms with Gasteiger partial charge in [0, 0.05) is 6.04 Å². The average molecular weight is 235 g/mol. The summed E-state index contributed by atoms with van der Waals surface area (Å²) >= 11 is 0. The predicted octanol–water partition coefficient (Wildman–Crippen LogP) is 3.62. The van der Waals surface area contributed by atoms with Crippen molar-refractivity contribution in [3.63, 3.8) is 0 Å². The maximum atomic E-state index is 5.80. The minimum absolute atomic E-state index is 0.482. The molecule has 0 aliphatic carbocycles. The van der Waals surface area contributed by atoms with E-state index in [2.05, 4.69) is 19.2 Å². The quantitative estimate of drug-likeness (QED) is 0.706. The summed E-state index contributed by atoms with van der Waals surface area (Å²) in [4.78, 5) is 0. The summed E-state index contributed by atoms with van der Waals surface area (Å²) in [5.74, 6) is 0.965. The third-order valence-electron chi connectivity index (χ3n) is 2.78. The predicted molar refractivity (Wildman–Crippen MR) is 73.5 cm³/mol. The minimum atomic E-state index is 0.482. The van der Waals surface area contributed by atoms with Crippen LogP contribution in [0.2, 0.25) is 0 Å². The number of ether oxygens (including phenoxy) is 1. The molecule has 17 heavy (non-hydrogen) atoms. The Kier molecular flexibility index (Phi) is 7.48. The van der Waals surface area contributed by atoms with Crippen LogP contribution in [0.15, 0.2) is 30.3 Å². The summed E-state index contributed by atoms with van der Waals surface area (Å²) < 4.78 is 5.80. The van der Waals surface area contributed by atoms with Crippen molar-refractivity contribution in [1.82, 2.24) is 5.32 Å². The zero-order valence-corrected chi connectivity index (χ0v) is 11.1. The smallest absolute Gasteiger partial charge is 0.119 e. The third kappa shape index (κ3) is 6.32. The Balaban J connectivity index is 2.31. The van der Waals surface area contributed by atoms with E-state index in [4.69, 9.17) is 4.74 Å². The standard InChI is InChI=1S/C15H25NO/c1-3-5-9-14(16-12-4-2)13-17-15-10-7-6-8-11-15/h6-8,10-11,14,16H,3-5,9,12-13H2,1-2H3. The Hall–Kier alpha value is -1.02. The van der Waals surface area contributed by atoms with Crippen molar-refractivity contribution in [2.24, 2.45) is 0 Å². The summed E-state index contributed by atoms with van der Waals surface area (Å²) in [6.45, 7) is 6.27. The molecule has 1 aromatic rings. The molecule has 0 heterocycles. The van der Waals surface area contributed by atoms with Crippen molar-refractivity contribution in [2.45, 2.75) is 45.6 Å². The number of nitrogens with one attached hydrogen (secondary N) is 1. The molecule has 0 radical (unpaired) electrons. The SMILES string of the molecule is CCCCC(COc1ccccc1)NCCC. The molecule has 1 rings (SSSR count). The molecular weight excluding hydrogens is 210 g/mol. The number of hydrogen-bond donors (Lipinski definition) is 1. The molecule has 2 heteroatoms. The third-order valence-corrected chi connectivity index (χ3v) is 2.78. The van der Waals surface area contributed by atoms with Gasteiger partial charge in [-0.3, -0.25) is 0 Å². The second kappa shape index (κ2) is 9.06. The number of benzene rings is 1. The van der Waals surface area contributed by atoms with E-state index >= 15 is 0 Å². The second-order valence-electron chi connectivity index (χ2n) is 4.42. The van der Waals surface area contributed by atoms with Gasteiger partial charge in [0.05, 0.1) is 0 Å². The van der Waals surface area contributed by atoms with Gasteiger partial charge >= 0.3 is 0 Å². The van der Waals surface area contributed by atoms with Crippen LogP contribution >= 0.6 is 0 Å². The highest BCUT2D eigenvalue weighted by Gasteiger charge is 2.07. The normalized spacial score (nSPS) is 12.4. The van der Waals surface area contributed by atoms with Gasteiger partial charge in [-0.1, -0.05) is 44.9 Å². The first-order valence-electron chi connectivity index (χ1n) is 6.78. The van der Waals surface area contributed by atoms with Crippen LogP contribution in [0.1, 0.15) is 39.5 Å². The molecule has 0 amide bonds. The van der Waals surface area contributed by atoms with Crippen LogP contribution in [0, 0.1) is 0 Å². The highest BCUT2D eigenvalue weighted by atomic mass is 16.5. The van der Waals surface area contributed by atoms with Crippen LogP contribution in [0.4, 0.5) is 0 Å². The van der Waals surface area contributed by atoms with E-state index in [-0.39, 0.29) is 0 Å². The summed E-state index contributed by atoms with van der Waals surface area (Å²) in [6, 6.07) is 10.5. The zero-order valence-electron chi connectivity index (χ0n) is 11.1. The highest BCUT2D eigenvalue weighted by molar-refractivity contribution is 5.20. The maximum absolute atomic E-state index is 5.80. The number of rotatable bonds is 9. The van der Waals surface area contributed by atoms with E-state index < -0.39 is 0 Å². The Bertz CT molecular complexity index is 266. The number of unbranched alkanes of at least 4 members (excludes halogenated alkanes) is 1. The van der Waals surface area contributed by atoms with Gasteiger partial charge in [0.1, 0.15) is 12.4 Å². The van der Waals surface area contributed by atoms with E-state index in [1.165, 1.54) is 25.7 Å². The molecule has 0 saturated carbocycles. The van der Waals surface area contributed by atoms with Gasteiger partial charge in [-0.15, -0.1) is 0 Å². The van der Waals surface area contributed by atoms with Crippen molar-refractivity contribution in [3.8, 4) is 5.75 Å². The van der Waals surface area contributed by atoms with Crippen molar-refractivity contribution >= 4 is 0 Å². The van der Waals surface area contributed by atoms with Gasteiger partial charge < -0.3 is 10.1 Å². The van der Waals surface area contributed by atoms with E-state index in [0.29, 0.717) is 6.04 Å². The van der Waals surface area contributed by atoms with Crippen LogP contribution in [-0.4, -0.2) is 19.2 Å². The van der Waals surface area contributed by atoms with Crippen LogP contribution in [0.5, 0.6) is 5.75 Å². The van der Waals surface area contributed by atoms with E-state index in [1.807, 2.05) is 30.3 Å². The van der Waals surface area contributed by atoms with Crippen molar-refractivity contribution in [3.05, 3.63) is 30.3 Å². The monoisotopic (exact) mass is 235 g/mol. The Morgan fingerprint density at radius 2 is 1.88 bits per heavy atom. The van der Waals surface area contributed by atoms with Gasteiger partial charge in [-0.05, 0) is 31.5 Å². The van der Waals surface area contributed by atoms with E-state index in [1.54, 1.807) is 0 Å². The molecule has 1 unspecified atom stereocenters. The Morgan fingerprint density at radius 3 is 2.53 bits per heavy atom. The van der Waals surface area contributed by atoms with Gasteiger partial charge in [-0.25, -0.2) is 0 Å². The molecule has 0 spiro atoms. The van der Waals surface area contributed by atoms with Gasteiger partial charge in [0.25, 0.3) is 0 Å². The Morgan fingerprint density at radius 1 is 1.12 bits per heavy atom. The number of para-hydroxylation sites is 1. The highest BCUT2D eigenvalue weighted by Crippen LogP contribution is 2.10. The first-order valence-corrected chi connectivity index (χ1v) is 6.78. The maximum Gasteiger partial charge on any atom is 0.119 e. The fraction of sp³-hybridized carbons (Fsp3) is 0.600.